The molecule has 2 aliphatic heterocycles. The van der Waals surface area contributed by atoms with Crippen LogP contribution in [-0.2, 0) is 4.74 Å². The molecule has 3 heterocycles. The minimum atomic E-state index is -1.27. The van der Waals surface area contributed by atoms with Gasteiger partial charge in [-0.2, -0.15) is 0 Å². The second kappa shape index (κ2) is 10.1. The molecule has 2 aliphatic rings. The Labute approximate surface area is 217 Å². The van der Waals surface area contributed by atoms with E-state index in [1.165, 1.54) is 6.20 Å². The van der Waals surface area contributed by atoms with Crippen LogP contribution in [0, 0.1) is 17.5 Å². The van der Waals surface area contributed by atoms with E-state index in [9.17, 15) is 18.0 Å². The summed E-state index contributed by atoms with van der Waals surface area (Å²) in [7, 11) is 0. The molecule has 8 heteroatoms. The van der Waals surface area contributed by atoms with E-state index in [2.05, 4.69) is 10.3 Å². The van der Waals surface area contributed by atoms with Crippen LogP contribution >= 0.6 is 0 Å². The van der Waals surface area contributed by atoms with Crippen molar-refractivity contribution in [1.82, 2.24) is 10.3 Å². The number of ether oxygens (including phenoxy) is 2. The fraction of sp³-hybridized carbons (Fsp3) is 0.267. The molecule has 1 fully saturated rings. The summed E-state index contributed by atoms with van der Waals surface area (Å²) in [5, 5.41) is 3.81. The van der Waals surface area contributed by atoms with Crippen LogP contribution in [0.4, 0.5) is 13.2 Å². The number of rotatable bonds is 4. The lowest BCUT2D eigenvalue weighted by Gasteiger charge is -2.29. The molecule has 0 bridgehead atoms. The van der Waals surface area contributed by atoms with E-state index in [0.717, 1.165) is 22.9 Å². The molecule has 5 nitrogen and oxygen atoms in total. The van der Waals surface area contributed by atoms with Crippen LogP contribution in [0.2, 0.25) is 0 Å². The molecule has 0 spiro atoms. The maximum Gasteiger partial charge on any atom is 0.253 e. The molecule has 194 valence electrons. The van der Waals surface area contributed by atoms with E-state index >= 15 is 0 Å². The number of carbonyl (C=O) groups excluding carboxylic acids is 1. The largest absolute Gasteiger partial charge is 0.493 e. The molecule has 1 amide bonds. The molecule has 4 aromatic rings. The number of fused-ring (bicyclic) bond motifs is 2. The average Bonchev–Trinajstić information content (AvgIpc) is 2.94. The Hall–Kier alpha value is -3.91. The van der Waals surface area contributed by atoms with E-state index < -0.39 is 17.5 Å². The van der Waals surface area contributed by atoms with Gasteiger partial charge in [0.1, 0.15) is 11.6 Å². The van der Waals surface area contributed by atoms with Crippen LogP contribution in [0.3, 0.4) is 0 Å². The molecule has 1 unspecified atom stereocenters. The number of nitrogens with zero attached hydrogens (tertiary/aromatic N) is 1. The summed E-state index contributed by atoms with van der Waals surface area (Å²) in [6.45, 7) is 1.59. The van der Waals surface area contributed by atoms with Crippen molar-refractivity contribution < 1.29 is 27.4 Å². The maximum absolute atomic E-state index is 14.8. The Balaban J connectivity index is 1.47. The predicted molar refractivity (Wildman–Crippen MR) is 137 cm³/mol. The number of para-hydroxylation sites is 2. The van der Waals surface area contributed by atoms with Gasteiger partial charge in [-0.3, -0.25) is 9.78 Å². The number of benzene rings is 3. The third-order valence-corrected chi connectivity index (χ3v) is 7.36. The molecule has 1 N–H and O–H groups in total. The fourth-order valence-corrected chi connectivity index (χ4v) is 5.55. The number of hydrogen-bond acceptors (Lipinski definition) is 4. The van der Waals surface area contributed by atoms with Gasteiger partial charge >= 0.3 is 0 Å². The van der Waals surface area contributed by atoms with Crippen molar-refractivity contribution >= 4 is 16.8 Å². The van der Waals surface area contributed by atoms with Gasteiger partial charge in [0.15, 0.2) is 11.6 Å². The quantitative estimate of drug-likeness (QED) is 0.315. The lowest BCUT2D eigenvalue weighted by atomic mass is 9.85. The number of amides is 1. The van der Waals surface area contributed by atoms with E-state index in [1.807, 2.05) is 30.3 Å². The van der Waals surface area contributed by atoms with E-state index in [0.29, 0.717) is 61.6 Å². The van der Waals surface area contributed by atoms with Gasteiger partial charge in [-0.05, 0) is 36.5 Å². The zero-order valence-electron chi connectivity index (χ0n) is 20.5. The van der Waals surface area contributed by atoms with Gasteiger partial charge < -0.3 is 14.8 Å². The van der Waals surface area contributed by atoms with Crippen LogP contribution in [0.25, 0.3) is 22.0 Å². The monoisotopic (exact) mass is 518 g/mol. The third kappa shape index (κ3) is 4.39. The fourth-order valence-electron chi connectivity index (χ4n) is 5.55. The van der Waals surface area contributed by atoms with E-state index in [1.54, 1.807) is 12.1 Å². The summed E-state index contributed by atoms with van der Waals surface area (Å²) < 4.78 is 54.2. The van der Waals surface area contributed by atoms with Gasteiger partial charge in [-0.25, -0.2) is 13.2 Å². The summed E-state index contributed by atoms with van der Waals surface area (Å²) >= 11 is 0. The van der Waals surface area contributed by atoms with E-state index in [4.69, 9.17) is 9.47 Å². The standard InChI is InChI=1S/C30H25F3N2O3/c31-18-14-22(28(33)24(32)15-18)19-5-3-6-21-27(17-8-11-37-12-9-17)23(16-34-29(19)21)30(36)35-25-10-13-38-26-7-2-1-4-20(25)26/h1-7,14-17,25H,8-13H2,(H,35,36). The molecule has 1 saturated heterocycles. The van der Waals surface area contributed by atoms with Crippen molar-refractivity contribution in [2.75, 3.05) is 19.8 Å². The molecule has 0 saturated carbocycles. The van der Waals surface area contributed by atoms with Gasteiger partial charge in [-0.15, -0.1) is 0 Å². The van der Waals surface area contributed by atoms with Crippen LogP contribution in [0.1, 0.15) is 52.7 Å². The van der Waals surface area contributed by atoms with Crippen LogP contribution < -0.4 is 10.1 Å². The summed E-state index contributed by atoms with van der Waals surface area (Å²) in [4.78, 5) is 18.3. The van der Waals surface area contributed by atoms with Crippen LogP contribution in [0.5, 0.6) is 5.75 Å². The Morgan fingerprint density at radius 3 is 2.58 bits per heavy atom. The van der Waals surface area contributed by atoms with Crippen molar-refractivity contribution in [2.24, 2.45) is 0 Å². The molecule has 3 aromatic carbocycles. The van der Waals surface area contributed by atoms with Crippen molar-refractivity contribution in [1.29, 1.82) is 0 Å². The number of pyridine rings is 1. The van der Waals surface area contributed by atoms with Gasteiger partial charge in [0, 0.05) is 54.0 Å². The number of aromatic nitrogens is 1. The third-order valence-electron chi connectivity index (χ3n) is 7.36. The Kier molecular flexibility index (Phi) is 6.49. The second-order valence-electron chi connectivity index (χ2n) is 9.62. The lowest BCUT2D eigenvalue weighted by Crippen LogP contribution is -2.33. The smallest absolute Gasteiger partial charge is 0.253 e. The van der Waals surface area contributed by atoms with Crippen molar-refractivity contribution in [2.45, 2.75) is 31.2 Å². The molecular formula is C30H25F3N2O3. The van der Waals surface area contributed by atoms with Gasteiger partial charge in [0.2, 0.25) is 0 Å². The number of nitrogens with one attached hydrogen (secondary N) is 1. The highest BCUT2D eigenvalue weighted by Gasteiger charge is 2.29. The van der Waals surface area contributed by atoms with Crippen molar-refractivity contribution in [3.63, 3.8) is 0 Å². The minimum absolute atomic E-state index is 0.00122. The summed E-state index contributed by atoms with van der Waals surface area (Å²) in [6.07, 6.45) is 3.52. The average molecular weight is 519 g/mol. The first-order valence-corrected chi connectivity index (χ1v) is 12.7. The van der Waals surface area contributed by atoms with Gasteiger partial charge in [-0.1, -0.05) is 36.4 Å². The first kappa shape index (κ1) is 24.4. The highest BCUT2D eigenvalue weighted by atomic mass is 19.2. The highest BCUT2D eigenvalue weighted by Crippen LogP contribution is 2.39. The number of carbonyl (C=O) groups is 1. The first-order chi connectivity index (χ1) is 18.5. The maximum atomic E-state index is 14.8. The SMILES string of the molecule is O=C(NC1CCOc2ccccc21)c1cnc2c(-c3cc(F)cc(F)c3F)cccc2c1C1CCOCC1. The van der Waals surface area contributed by atoms with Crippen molar-refractivity contribution in [3.8, 4) is 16.9 Å². The molecule has 0 radical (unpaired) electrons. The Morgan fingerprint density at radius 1 is 0.921 bits per heavy atom. The highest BCUT2D eigenvalue weighted by molar-refractivity contribution is 6.04. The number of hydrogen-bond donors (Lipinski definition) is 1. The Morgan fingerprint density at radius 2 is 1.74 bits per heavy atom. The lowest BCUT2D eigenvalue weighted by molar-refractivity contribution is 0.0840. The summed E-state index contributed by atoms with van der Waals surface area (Å²) in [5.41, 5.74) is 2.56. The molecular weight excluding hydrogens is 493 g/mol. The number of halogens is 3. The van der Waals surface area contributed by atoms with E-state index in [-0.39, 0.29) is 29.0 Å². The summed E-state index contributed by atoms with van der Waals surface area (Å²) in [5.74, 6) is -2.81. The zero-order valence-corrected chi connectivity index (χ0v) is 20.5. The second-order valence-corrected chi connectivity index (χ2v) is 9.62. The van der Waals surface area contributed by atoms with Crippen molar-refractivity contribution in [3.05, 3.63) is 94.9 Å². The first-order valence-electron chi connectivity index (χ1n) is 12.7. The summed E-state index contributed by atoms with van der Waals surface area (Å²) in [6, 6.07) is 14.0. The Bertz CT molecular complexity index is 1540. The van der Waals surface area contributed by atoms with Crippen LogP contribution in [0.15, 0.2) is 60.8 Å². The molecule has 6 rings (SSSR count). The van der Waals surface area contributed by atoms with Crippen LogP contribution in [-0.4, -0.2) is 30.7 Å². The normalized spacial score (nSPS) is 17.6. The molecule has 1 aromatic heterocycles. The molecule has 1 atom stereocenters. The topological polar surface area (TPSA) is 60.5 Å². The minimum Gasteiger partial charge on any atom is -0.493 e. The molecule has 0 aliphatic carbocycles. The predicted octanol–water partition coefficient (Wildman–Crippen LogP) is 6.47. The zero-order chi connectivity index (χ0) is 26.2. The molecule has 38 heavy (non-hydrogen) atoms. The van der Waals surface area contributed by atoms with Gasteiger partial charge in [0.05, 0.1) is 23.7 Å². The van der Waals surface area contributed by atoms with Gasteiger partial charge in [0.25, 0.3) is 5.91 Å².